The molecule has 0 aromatic heterocycles. The number of piperidine rings is 1. The predicted octanol–water partition coefficient (Wildman–Crippen LogP) is 3.85. The molecule has 0 aliphatic carbocycles. The van der Waals surface area contributed by atoms with Crippen LogP contribution in [0.15, 0.2) is 54.2 Å². The summed E-state index contributed by atoms with van der Waals surface area (Å²) in [5, 5.41) is 0. The van der Waals surface area contributed by atoms with E-state index >= 15 is 0 Å². The standard InChI is InChI=1S/C24H25FN2O3/c1-16-6-5-13-26(14-16)22-21(17-9-11-19(30-2)12-10-17)23(28)27(24(22)29)15-18-7-3-4-8-20(18)25/h3-4,7-12,16H,5-6,13-15H2,1-2H3. The highest BCUT2D eigenvalue weighted by Crippen LogP contribution is 2.35. The largest absolute Gasteiger partial charge is 0.497 e. The quantitative estimate of drug-likeness (QED) is 0.706. The Hall–Kier alpha value is -3.15. The summed E-state index contributed by atoms with van der Waals surface area (Å²) in [6.45, 7) is 3.52. The lowest BCUT2D eigenvalue weighted by Crippen LogP contribution is -2.39. The van der Waals surface area contributed by atoms with E-state index in [1.54, 1.807) is 49.6 Å². The van der Waals surface area contributed by atoms with Crippen molar-refractivity contribution >= 4 is 17.4 Å². The number of likely N-dealkylation sites (tertiary alicyclic amines) is 1. The van der Waals surface area contributed by atoms with Crippen molar-refractivity contribution in [1.82, 2.24) is 9.80 Å². The number of amides is 2. The van der Waals surface area contributed by atoms with Crippen LogP contribution >= 0.6 is 0 Å². The van der Waals surface area contributed by atoms with Gasteiger partial charge >= 0.3 is 0 Å². The van der Waals surface area contributed by atoms with Crippen LogP contribution in [0.1, 0.15) is 30.9 Å². The molecule has 1 atom stereocenters. The molecule has 4 rings (SSSR count). The number of ether oxygens (including phenoxy) is 1. The van der Waals surface area contributed by atoms with Crippen LogP contribution in [0.25, 0.3) is 5.57 Å². The molecule has 1 saturated heterocycles. The first-order chi connectivity index (χ1) is 14.5. The highest BCUT2D eigenvalue weighted by Gasteiger charge is 2.42. The zero-order valence-corrected chi connectivity index (χ0v) is 17.2. The van der Waals surface area contributed by atoms with Crippen molar-refractivity contribution in [2.24, 2.45) is 5.92 Å². The van der Waals surface area contributed by atoms with E-state index in [0.29, 0.717) is 34.1 Å². The number of halogens is 1. The summed E-state index contributed by atoms with van der Waals surface area (Å²) in [6.07, 6.45) is 2.07. The SMILES string of the molecule is COc1ccc(C2=C(N3CCCC(C)C3)C(=O)N(Cc3ccccc3F)C2=O)cc1. The number of methoxy groups -OCH3 is 1. The van der Waals surface area contributed by atoms with Crippen molar-refractivity contribution in [2.45, 2.75) is 26.3 Å². The van der Waals surface area contributed by atoms with Crippen LogP contribution in [-0.2, 0) is 16.1 Å². The Morgan fingerprint density at radius 3 is 2.47 bits per heavy atom. The maximum absolute atomic E-state index is 14.2. The van der Waals surface area contributed by atoms with Gasteiger partial charge in [-0.1, -0.05) is 37.3 Å². The lowest BCUT2D eigenvalue weighted by molar-refractivity contribution is -0.138. The summed E-state index contributed by atoms with van der Waals surface area (Å²) in [4.78, 5) is 30.0. The lowest BCUT2D eigenvalue weighted by atomic mass is 9.98. The minimum absolute atomic E-state index is 0.0864. The highest BCUT2D eigenvalue weighted by molar-refractivity contribution is 6.35. The average Bonchev–Trinajstić information content (AvgIpc) is 3.00. The molecule has 2 aromatic rings. The molecule has 2 aliphatic rings. The average molecular weight is 408 g/mol. The van der Waals surface area contributed by atoms with E-state index in [1.807, 2.05) is 4.90 Å². The maximum Gasteiger partial charge on any atom is 0.278 e. The number of benzene rings is 2. The molecule has 0 spiro atoms. The molecule has 2 aliphatic heterocycles. The number of carbonyl (C=O) groups excluding carboxylic acids is 2. The van der Waals surface area contributed by atoms with Crippen LogP contribution in [0, 0.1) is 11.7 Å². The third-order valence-electron chi connectivity index (χ3n) is 5.78. The topological polar surface area (TPSA) is 49.9 Å². The highest BCUT2D eigenvalue weighted by atomic mass is 19.1. The summed E-state index contributed by atoms with van der Waals surface area (Å²) in [5.74, 6) is -0.0617. The molecule has 0 radical (unpaired) electrons. The Morgan fingerprint density at radius 2 is 1.80 bits per heavy atom. The summed E-state index contributed by atoms with van der Waals surface area (Å²) in [6, 6.07) is 13.4. The minimum atomic E-state index is -0.427. The molecule has 1 fully saturated rings. The summed E-state index contributed by atoms with van der Waals surface area (Å²) in [5.41, 5.74) is 1.79. The molecular formula is C24H25FN2O3. The van der Waals surface area contributed by atoms with E-state index in [-0.39, 0.29) is 18.4 Å². The fourth-order valence-corrected chi connectivity index (χ4v) is 4.21. The van der Waals surface area contributed by atoms with Gasteiger partial charge in [0.25, 0.3) is 11.8 Å². The number of hydrogen-bond acceptors (Lipinski definition) is 4. The first-order valence-electron chi connectivity index (χ1n) is 10.2. The summed E-state index contributed by atoms with van der Waals surface area (Å²) < 4.78 is 19.4. The first-order valence-corrected chi connectivity index (χ1v) is 10.2. The molecule has 2 heterocycles. The number of carbonyl (C=O) groups is 2. The van der Waals surface area contributed by atoms with Gasteiger partial charge in [-0.25, -0.2) is 4.39 Å². The van der Waals surface area contributed by atoms with Crippen LogP contribution in [0.3, 0.4) is 0 Å². The van der Waals surface area contributed by atoms with E-state index in [2.05, 4.69) is 6.92 Å². The Bertz CT molecular complexity index is 1000. The van der Waals surface area contributed by atoms with Gasteiger partial charge in [-0.05, 0) is 42.5 Å². The molecule has 0 bridgehead atoms. The third kappa shape index (κ3) is 3.70. The van der Waals surface area contributed by atoms with Crippen LogP contribution in [0.4, 0.5) is 4.39 Å². The molecule has 2 aromatic carbocycles. The van der Waals surface area contributed by atoms with Gasteiger partial charge in [0.1, 0.15) is 17.3 Å². The molecule has 1 unspecified atom stereocenters. The van der Waals surface area contributed by atoms with Gasteiger partial charge < -0.3 is 9.64 Å². The molecule has 30 heavy (non-hydrogen) atoms. The zero-order chi connectivity index (χ0) is 21.3. The Balaban J connectivity index is 1.74. The lowest BCUT2D eigenvalue weighted by Gasteiger charge is -2.33. The van der Waals surface area contributed by atoms with E-state index in [0.717, 1.165) is 30.8 Å². The number of hydrogen-bond donors (Lipinski definition) is 0. The van der Waals surface area contributed by atoms with Gasteiger partial charge in [0, 0.05) is 18.7 Å². The summed E-state index contributed by atoms with van der Waals surface area (Å²) in [7, 11) is 1.58. The molecule has 156 valence electrons. The monoisotopic (exact) mass is 408 g/mol. The predicted molar refractivity (Wildman–Crippen MR) is 112 cm³/mol. The third-order valence-corrected chi connectivity index (χ3v) is 5.78. The Morgan fingerprint density at radius 1 is 1.07 bits per heavy atom. The molecular weight excluding hydrogens is 383 g/mol. The van der Waals surface area contributed by atoms with Crippen LogP contribution in [0.5, 0.6) is 5.75 Å². The number of nitrogens with zero attached hydrogens (tertiary/aromatic N) is 2. The van der Waals surface area contributed by atoms with E-state index < -0.39 is 5.82 Å². The second-order valence-corrected chi connectivity index (χ2v) is 7.93. The molecule has 5 nitrogen and oxygen atoms in total. The fourth-order valence-electron chi connectivity index (χ4n) is 4.21. The van der Waals surface area contributed by atoms with Gasteiger partial charge in [-0.15, -0.1) is 0 Å². The number of imide groups is 1. The Labute approximate surface area is 175 Å². The van der Waals surface area contributed by atoms with E-state index in [1.165, 1.54) is 6.07 Å². The fraction of sp³-hybridized carbons (Fsp3) is 0.333. The summed E-state index contributed by atoms with van der Waals surface area (Å²) >= 11 is 0. The molecule has 2 amide bonds. The second-order valence-electron chi connectivity index (χ2n) is 7.93. The Kier molecular flexibility index (Phi) is 5.57. The van der Waals surface area contributed by atoms with Crippen molar-refractivity contribution in [3.8, 4) is 5.75 Å². The van der Waals surface area contributed by atoms with Gasteiger partial charge in [0.2, 0.25) is 0 Å². The van der Waals surface area contributed by atoms with Crippen molar-refractivity contribution in [1.29, 1.82) is 0 Å². The normalized spacial score (nSPS) is 19.6. The van der Waals surface area contributed by atoms with Crippen molar-refractivity contribution in [3.63, 3.8) is 0 Å². The van der Waals surface area contributed by atoms with E-state index in [9.17, 15) is 14.0 Å². The van der Waals surface area contributed by atoms with Crippen molar-refractivity contribution in [3.05, 3.63) is 71.2 Å². The van der Waals surface area contributed by atoms with Gasteiger partial charge in [0.15, 0.2) is 0 Å². The van der Waals surface area contributed by atoms with Gasteiger partial charge in [0.05, 0.1) is 19.2 Å². The van der Waals surface area contributed by atoms with Crippen LogP contribution in [0.2, 0.25) is 0 Å². The van der Waals surface area contributed by atoms with Crippen molar-refractivity contribution < 1.29 is 18.7 Å². The smallest absolute Gasteiger partial charge is 0.278 e. The molecule has 0 saturated carbocycles. The van der Waals surface area contributed by atoms with E-state index in [4.69, 9.17) is 4.74 Å². The first kappa shape index (κ1) is 20.1. The van der Waals surface area contributed by atoms with Gasteiger partial charge in [-0.3, -0.25) is 14.5 Å². The minimum Gasteiger partial charge on any atom is -0.497 e. The maximum atomic E-state index is 14.2. The van der Waals surface area contributed by atoms with Crippen LogP contribution in [-0.4, -0.2) is 41.8 Å². The second kappa shape index (κ2) is 8.30. The molecule has 0 N–H and O–H groups in total. The number of rotatable bonds is 5. The zero-order valence-electron chi connectivity index (χ0n) is 17.2. The van der Waals surface area contributed by atoms with Gasteiger partial charge in [-0.2, -0.15) is 0 Å². The molecule has 6 heteroatoms. The van der Waals surface area contributed by atoms with Crippen LogP contribution < -0.4 is 4.74 Å². The van der Waals surface area contributed by atoms with Crippen molar-refractivity contribution in [2.75, 3.05) is 20.2 Å².